The van der Waals surface area contributed by atoms with E-state index >= 15 is 0 Å². The zero-order valence-corrected chi connectivity index (χ0v) is 14.2. The molecule has 1 saturated carbocycles. The van der Waals surface area contributed by atoms with Crippen molar-refractivity contribution in [1.82, 2.24) is 5.32 Å². The van der Waals surface area contributed by atoms with Crippen molar-refractivity contribution in [2.75, 3.05) is 4.90 Å². The van der Waals surface area contributed by atoms with Gasteiger partial charge in [-0.1, -0.05) is 31.0 Å². The maximum atomic E-state index is 13.2. The fourth-order valence-electron chi connectivity index (χ4n) is 3.86. The molecule has 1 unspecified atom stereocenters. The molecule has 1 saturated heterocycles. The molecule has 1 atom stereocenters. The van der Waals surface area contributed by atoms with Gasteiger partial charge in [0.2, 0.25) is 5.91 Å². The van der Waals surface area contributed by atoms with Crippen LogP contribution in [0.1, 0.15) is 37.7 Å². The molecule has 1 N–H and O–H groups in total. The number of hydrogen-bond donors (Lipinski definition) is 1. The van der Waals surface area contributed by atoms with Gasteiger partial charge in [0.05, 0.1) is 6.42 Å². The number of benzene rings is 1. The van der Waals surface area contributed by atoms with Crippen molar-refractivity contribution in [2.45, 2.75) is 43.7 Å². The van der Waals surface area contributed by atoms with E-state index in [1.807, 2.05) is 47.2 Å². The zero-order valence-electron chi connectivity index (χ0n) is 13.4. The van der Waals surface area contributed by atoms with Crippen LogP contribution < -0.4 is 10.2 Å². The summed E-state index contributed by atoms with van der Waals surface area (Å²) >= 11 is 1.56. The molecule has 0 spiro atoms. The Morgan fingerprint density at radius 1 is 1.17 bits per heavy atom. The lowest BCUT2D eigenvalue weighted by atomic mass is 9.77. The van der Waals surface area contributed by atoms with E-state index in [-0.39, 0.29) is 24.3 Å². The van der Waals surface area contributed by atoms with Crippen molar-refractivity contribution in [2.24, 2.45) is 0 Å². The molecule has 1 aromatic carbocycles. The molecule has 2 aromatic rings. The smallest absolute Gasteiger partial charge is 0.251 e. The van der Waals surface area contributed by atoms with Crippen LogP contribution in [-0.2, 0) is 15.1 Å². The highest BCUT2D eigenvalue weighted by Crippen LogP contribution is 2.46. The van der Waals surface area contributed by atoms with Gasteiger partial charge in [-0.2, -0.15) is 11.3 Å². The number of nitrogens with zero attached hydrogens (tertiary/aromatic N) is 1. The van der Waals surface area contributed by atoms with Crippen LogP contribution in [0.25, 0.3) is 0 Å². The van der Waals surface area contributed by atoms with Crippen molar-refractivity contribution < 1.29 is 9.59 Å². The monoisotopic (exact) mass is 340 g/mol. The normalized spacial score (nSPS) is 24.0. The van der Waals surface area contributed by atoms with Crippen LogP contribution in [-0.4, -0.2) is 17.9 Å². The molecule has 4 rings (SSSR count). The number of rotatable bonds is 4. The minimum absolute atomic E-state index is 0.00558. The van der Waals surface area contributed by atoms with Crippen LogP contribution in [0.3, 0.4) is 0 Å². The minimum atomic E-state index is -0.902. The van der Waals surface area contributed by atoms with Crippen molar-refractivity contribution in [1.29, 1.82) is 0 Å². The van der Waals surface area contributed by atoms with Gasteiger partial charge in [-0.25, -0.2) is 0 Å². The van der Waals surface area contributed by atoms with Gasteiger partial charge in [0.1, 0.15) is 0 Å². The van der Waals surface area contributed by atoms with Gasteiger partial charge in [0.15, 0.2) is 5.54 Å². The number of carbonyl (C=O) groups is 2. The Balaban J connectivity index is 1.72. The molecule has 2 aliphatic rings. The third-order valence-electron chi connectivity index (χ3n) is 5.12. The summed E-state index contributed by atoms with van der Waals surface area (Å²) in [6, 6.07) is 11.7. The number of amides is 2. The molecular formula is C19H20N2O2S. The molecule has 2 amide bonds. The van der Waals surface area contributed by atoms with E-state index in [1.165, 1.54) is 0 Å². The fourth-order valence-corrected chi connectivity index (χ4v) is 4.58. The van der Waals surface area contributed by atoms with E-state index in [0.717, 1.165) is 36.9 Å². The van der Waals surface area contributed by atoms with E-state index in [0.29, 0.717) is 0 Å². The van der Waals surface area contributed by atoms with Gasteiger partial charge in [-0.3, -0.25) is 14.5 Å². The van der Waals surface area contributed by atoms with E-state index in [4.69, 9.17) is 0 Å². The Morgan fingerprint density at radius 2 is 1.92 bits per heavy atom. The summed E-state index contributed by atoms with van der Waals surface area (Å²) < 4.78 is 0. The third kappa shape index (κ3) is 2.35. The van der Waals surface area contributed by atoms with E-state index in [9.17, 15) is 9.59 Å². The standard InChI is InChI=1S/C19H20N2O2S/c22-17-12-19(14-10-11-24-13-14,18(23)20-15-6-4-5-7-15)21(17)16-8-2-1-3-9-16/h1-3,8-11,13,15H,4-7,12H2,(H,20,23). The van der Waals surface area contributed by atoms with E-state index < -0.39 is 5.54 Å². The van der Waals surface area contributed by atoms with Crippen LogP contribution >= 0.6 is 11.3 Å². The van der Waals surface area contributed by atoms with Gasteiger partial charge in [0.25, 0.3) is 5.91 Å². The molecule has 2 heterocycles. The van der Waals surface area contributed by atoms with Gasteiger partial charge in [-0.05, 0) is 47.4 Å². The first-order valence-corrected chi connectivity index (χ1v) is 9.38. The van der Waals surface area contributed by atoms with Crippen LogP contribution in [0.15, 0.2) is 47.2 Å². The number of hydrogen-bond acceptors (Lipinski definition) is 3. The average molecular weight is 340 g/mol. The van der Waals surface area contributed by atoms with Crippen LogP contribution in [0, 0.1) is 0 Å². The first-order chi connectivity index (χ1) is 11.7. The summed E-state index contributed by atoms with van der Waals surface area (Å²) in [6.45, 7) is 0. The Bertz CT molecular complexity index is 738. The highest BCUT2D eigenvalue weighted by atomic mass is 32.1. The first kappa shape index (κ1) is 15.4. The number of carbonyl (C=O) groups excluding carboxylic acids is 2. The molecule has 2 fully saturated rings. The fraction of sp³-hybridized carbons (Fsp3) is 0.368. The SMILES string of the molecule is O=C1CC(C(=O)NC2CCCC2)(c2ccsc2)N1c1ccccc1. The Morgan fingerprint density at radius 3 is 2.54 bits per heavy atom. The highest BCUT2D eigenvalue weighted by Gasteiger charge is 2.58. The molecule has 1 aromatic heterocycles. The number of β-lactam (4-membered cyclic amide) rings is 1. The van der Waals surface area contributed by atoms with Gasteiger partial charge >= 0.3 is 0 Å². The zero-order chi connectivity index (χ0) is 16.6. The van der Waals surface area contributed by atoms with Crippen molar-refractivity contribution in [3.63, 3.8) is 0 Å². The lowest BCUT2D eigenvalue weighted by Gasteiger charge is -2.50. The Kier molecular flexibility index (Phi) is 3.88. The Labute approximate surface area is 145 Å². The molecule has 4 nitrogen and oxygen atoms in total. The molecule has 124 valence electrons. The summed E-state index contributed by atoms with van der Waals surface area (Å²) in [5.74, 6) is -0.0507. The maximum Gasteiger partial charge on any atom is 0.251 e. The summed E-state index contributed by atoms with van der Waals surface area (Å²) in [4.78, 5) is 27.3. The third-order valence-corrected chi connectivity index (χ3v) is 5.80. The lowest BCUT2D eigenvalue weighted by molar-refractivity contribution is -0.140. The predicted molar refractivity (Wildman–Crippen MR) is 94.9 cm³/mol. The van der Waals surface area contributed by atoms with E-state index in [1.54, 1.807) is 16.2 Å². The molecule has 24 heavy (non-hydrogen) atoms. The van der Waals surface area contributed by atoms with E-state index in [2.05, 4.69) is 5.32 Å². The lowest BCUT2D eigenvalue weighted by Crippen LogP contribution is -2.69. The van der Waals surface area contributed by atoms with Crippen LogP contribution in [0.4, 0.5) is 5.69 Å². The number of thiophene rings is 1. The van der Waals surface area contributed by atoms with Crippen molar-refractivity contribution >= 4 is 28.8 Å². The second-order valence-corrected chi connectivity index (χ2v) is 7.35. The largest absolute Gasteiger partial charge is 0.351 e. The summed E-state index contributed by atoms with van der Waals surface area (Å²) in [6.07, 6.45) is 4.63. The summed E-state index contributed by atoms with van der Waals surface area (Å²) in [7, 11) is 0. The molecule has 0 bridgehead atoms. The molecule has 1 aliphatic carbocycles. The van der Waals surface area contributed by atoms with Gasteiger partial charge < -0.3 is 5.32 Å². The highest BCUT2D eigenvalue weighted by molar-refractivity contribution is 7.08. The average Bonchev–Trinajstić information content (AvgIpc) is 3.26. The van der Waals surface area contributed by atoms with Crippen LogP contribution in [0.5, 0.6) is 0 Å². The second-order valence-electron chi connectivity index (χ2n) is 6.57. The molecule has 0 radical (unpaired) electrons. The summed E-state index contributed by atoms with van der Waals surface area (Å²) in [5, 5.41) is 7.15. The Hall–Kier alpha value is -2.14. The number of para-hydroxylation sites is 1. The number of anilines is 1. The van der Waals surface area contributed by atoms with Gasteiger partial charge in [0, 0.05) is 11.7 Å². The topological polar surface area (TPSA) is 49.4 Å². The predicted octanol–water partition coefficient (Wildman–Crippen LogP) is 3.44. The second kappa shape index (κ2) is 6.06. The minimum Gasteiger partial charge on any atom is -0.351 e. The maximum absolute atomic E-state index is 13.2. The van der Waals surface area contributed by atoms with Crippen LogP contribution in [0.2, 0.25) is 0 Å². The molecule has 5 heteroatoms. The first-order valence-electron chi connectivity index (χ1n) is 8.43. The molecule has 1 aliphatic heterocycles. The summed E-state index contributed by atoms with van der Waals surface area (Å²) in [5.41, 5.74) is 0.786. The van der Waals surface area contributed by atoms with Gasteiger partial charge in [-0.15, -0.1) is 0 Å². The molecular weight excluding hydrogens is 320 g/mol. The quantitative estimate of drug-likeness (QED) is 0.867. The number of nitrogens with one attached hydrogen (secondary N) is 1. The van der Waals surface area contributed by atoms with Crippen molar-refractivity contribution in [3.05, 3.63) is 52.7 Å². The van der Waals surface area contributed by atoms with Crippen molar-refractivity contribution in [3.8, 4) is 0 Å².